The molecule has 0 bridgehead atoms. The van der Waals surface area contributed by atoms with Gasteiger partial charge in [-0.05, 0) is 29.1 Å². The Bertz CT molecular complexity index is 966. The van der Waals surface area contributed by atoms with Gasteiger partial charge >= 0.3 is 0 Å². The summed E-state index contributed by atoms with van der Waals surface area (Å²) in [6.07, 6.45) is 0.305. The van der Waals surface area contributed by atoms with Crippen LogP contribution in [0.1, 0.15) is 6.42 Å². The van der Waals surface area contributed by atoms with Gasteiger partial charge < -0.3 is 9.47 Å². The number of anilines is 1. The van der Waals surface area contributed by atoms with Gasteiger partial charge in [0.2, 0.25) is 0 Å². The van der Waals surface area contributed by atoms with Gasteiger partial charge in [0.1, 0.15) is 0 Å². The average Bonchev–Trinajstić information content (AvgIpc) is 2.60. The van der Waals surface area contributed by atoms with Gasteiger partial charge in [-0.15, -0.1) is 0 Å². The molecule has 0 saturated heterocycles. The second-order valence-corrected chi connectivity index (χ2v) is 5.93. The molecule has 120 valence electrons. The number of rotatable bonds is 4. The van der Waals surface area contributed by atoms with E-state index in [1.165, 1.54) is 0 Å². The van der Waals surface area contributed by atoms with E-state index in [1.54, 1.807) is 4.57 Å². The van der Waals surface area contributed by atoms with Crippen molar-refractivity contribution in [2.45, 2.75) is 13.0 Å². The molecule has 3 aromatic rings. The maximum absolute atomic E-state index is 13.0. The van der Waals surface area contributed by atoms with Crippen LogP contribution in [-0.4, -0.2) is 18.7 Å². The molecule has 4 nitrogen and oxygen atoms in total. The van der Waals surface area contributed by atoms with Crippen LogP contribution >= 0.6 is 0 Å². The lowest BCUT2D eigenvalue weighted by Crippen LogP contribution is -2.22. The predicted octanol–water partition coefficient (Wildman–Crippen LogP) is 3.65. The molecule has 4 heteroatoms. The number of hydrogen-bond donors (Lipinski definition) is 0. The van der Waals surface area contributed by atoms with Crippen LogP contribution in [0.5, 0.6) is 0 Å². The number of benzene rings is 2. The highest BCUT2D eigenvalue weighted by atomic mass is 16.1. The Morgan fingerprint density at radius 3 is 2.50 bits per heavy atom. The van der Waals surface area contributed by atoms with Gasteiger partial charge in [0, 0.05) is 31.9 Å². The minimum atomic E-state index is -0.0557. The highest BCUT2D eigenvalue weighted by molar-refractivity contribution is 5.86. The number of aromatic nitrogens is 1. The van der Waals surface area contributed by atoms with Crippen molar-refractivity contribution >= 4 is 16.6 Å². The maximum atomic E-state index is 13.0. The van der Waals surface area contributed by atoms with Crippen LogP contribution in [0.4, 0.5) is 5.69 Å². The van der Waals surface area contributed by atoms with E-state index in [0.717, 1.165) is 22.2 Å². The first-order chi connectivity index (χ1) is 11.6. The molecule has 24 heavy (non-hydrogen) atoms. The zero-order chi connectivity index (χ0) is 17.1. The van der Waals surface area contributed by atoms with Gasteiger partial charge in [0.05, 0.1) is 18.0 Å². The summed E-state index contributed by atoms with van der Waals surface area (Å²) >= 11 is 0. The van der Waals surface area contributed by atoms with Crippen molar-refractivity contribution in [3.05, 3.63) is 65.0 Å². The molecule has 0 saturated carbocycles. The van der Waals surface area contributed by atoms with E-state index in [1.807, 2.05) is 73.6 Å². The van der Waals surface area contributed by atoms with E-state index in [4.69, 9.17) is 5.26 Å². The van der Waals surface area contributed by atoms with Gasteiger partial charge in [-0.1, -0.05) is 36.4 Å². The molecule has 1 heterocycles. The number of nitrogens with zero attached hydrogens (tertiary/aromatic N) is 3. The van der Waals surface area contributed by atoms with E-state index in [2.05, 4.69) is 6.07 Å². The summed E-state index contributed by atoms with van der Waals surface area (Å²) in [6, 6.07) is 19.8. The molecule has 0 aliphatic carbocycles. The smallest absolute Gasteiger partial charge is 0.258 e. The molecule has 3 rings (SSSR count). The third kappa shape index (κ3) is 2.89. The Morgan fingerprint density at radius 1 is 1.08 bits per heavy atom. The summed E-state index contributed by atoms with van der Waals surface area (Å²) in [5.41, 5.74) is 3.39. The van der Waals surface area contributed by atoms with Gasteiger partial charge in [0.25, 0.3) is 5.56 Å². The zero-order valence-corrected chi connectivity index (χ0v) is 13.9. The average molecular weight is 317 g/mol. The number of hydrogen-bond acceptors (Lipinski definition) is 3. The van der Waals surface area contributed by atoms with Crippen LogP contribution in [0.25, 0.3) is 22.0 Å². The lowest BCUT2D eigenvalue weighted by atomic mass is 10.0. The highest BCUT2D eigenvalue weighted by Gasteiger charge is 2.12. The van der Waals surface area contributed by atoms with Crippen molar-refractivity contribution in [1.82, 2.24) is 4.57 Å². The first kappa shape index (κ1) is 15.8. The summed E-state index contributed by atoms with van der Waals surface area (Å²) in [5.74, 6) is 0. The molecular weight excluding hydrogens is 298 g/mol. The lowest BCUT2D eigenvalue weighted by molar-refractivity contribution is 0.715. The quantitative estimate of drug-likeness (QED) is 0.738. The van der Waals surface area contributed by atoms with Crippen molar-refractivity contribution in [3.8, 4) is 17.2 Å². The van der Waals surface area contributed by atoms with E-state index in [-0.39, 0.29) is 5.56 Å². The molecule has 2 aromatic carbocycles. The van der Waals surface area contributed by atoms with Crippen molar-refractivity contribution in [3.63, 3.8) is 0 Å². The maximum Gasteiger partial charge on any atom is 0.258 e. The summed E-state index contributed by atoms with van der Waals surface area (Å²) in [7, 11) is 3.94. The summed E-state index contributed by atoms with van der Waals surface area (Å²) in [4.78, 5) is 15.0. The molecule has 0 radical (unpaired) electrons. The van der Waals surface area contributed by atoms with E-state index >= 15 is 0 Å². The van der Waals surface area contributed by atoms with Gasteiger partial charge in [-0.3, -0.25) is 4.79 Å². The van der Waals surface area contributed by atoms with Crippen LogP contribution in [0.15, 0.2) is 59.4 Å². The number of fused-ring (bicyclic) bond motifs is 1. The third-order valence-corrected chi connectivity index (χ3v) is 4.13. The topological polar surface area (TPSA) is 49.0 Å². The minimum absolute atomic E-state index is 0.0557. The predicted molar refractivity (Wildman–Crippen MR) is 98.2 cm³/mol. The second kappa shape index (κ2) is 6.59. The molecular formula is C20H19N3O. The summed E-state index contributed by atoms with van der Waals surface area (Å²) < 4.78 is 1.72. The molecule has 0 aliphatic heterocycles. The van der Waals surface area contributed by atoms with Crippen LogP contribution in [-0.2, 0) is 6.54 Å². The van der Waals surface area contributed by atoms with Crippen molar-refractivity contribution < 1.29 is 0 Å². The van der Waals surface area contributed by atoms with Gasteiger partial charge in [-0.25, -0.2) is 0 Å². The standard InChI is InChI=1S/C20H19N3O/c1-22(2)17-10-9-16-13-18(15-7-4-3-5-8-15)20(24)23(12-6-11-21)19(16)14-17/h3-5,7-10,13-14H,6,12H2,1-2H3. The Labute approximate surface area is 141 Å². The molecule has 0 aliphatic rings. The molecule has 1 aromatic heterocycles. The van der Waals surface area contributed by atoms with E-state index < -0.39 is 0 Å². The van der Waals surface area contributed by atoms with Crippen LogP contribution in [0.2, 0.25) is 0 Å². The molecule has 0 fully saturated rings. The number of aryl methyl sites for hydroxylation is 1. The second-order valence-electron chi connectivity index (χ2n) is 5.93. The van der Waals surface area contributed by atoms with E-state index in [9.17, 15) is 4.79 Å². The third-order valence-electron chi connectivity index (χ3n) is 4.13. The first-order valence-electron chi connectivity index (χ1n) is 7.89. The van der Waals surface area contributed by atoms with Crippen LogP contribution in [0, 0.1) is 11.3 Å². The Hall–Kier alpha value is -3.06. The molecule has 0 amide bonds. The van der Waals surface area contributed by atoms with Crippen molar-refractivity contribution in [2.75, 3.05) is 19.0 Å². The lowest BCUT2D eigenvalue weighted by Gasteiger charge is -2.16. The Balaban J connectivity index is 2.30. The monoisotopic (exact) mass is 317 g/mol. The fraction of sp³-hybridized carbons (Fsp3) is 0.200. The van der Waals surface area contributed by atoms with Crippen LogP contribution in [0.3, 0.4) is 0 Å². The summed E-state index contributed by atoms with van der Waals surface area (Å²) in [6.45, 7) is 0.392. The summed E-state index contributed by atoms with van der Waals surface area (Å²) in [5, 5.41) is 9.94. The van der Waals surface area contributed by atoms with Gasteiger partial charge in [0.15, 0.2) is 0 Å². The number of pyridine rings is 1. The van der Waals surface area contributed by atoms with Gasteiger partial charge in [-0.2, -0.15) is 5.26 Å². The number of nitriles is 1. The molecule has 0 atom stereocenters. The van der Waals surface area contributed by atoms with Crippen LogP contribution < -0.4 is 10.5 Å². The normalized spacial score (nSPS) is 10.5. The largest absolute Gasteiger partial charge is 0.378 e. The fourth-order valence-corrected chi connectivity index (χ4v) is 2.85. The zero-order valence-electron chi connectivity index (χ0n) is 13.9. The molecule has 0 unspecified atom stereocenters. The van der Waals surface area contributed by atoms with Crippen molar-refractivity contribution in [1.29, 1.82) is 5.26 Å². The SMILES string of the molecule is CN(C)c1ccc2cc(-c3ccccc3)c(=O)n(CCC#N)c2c1. The highest BCUT2D eigenvalue weighted by Crippen LogP contribution is 2.24. The Morgan fingerprint density at radius 2 is 1.83 bits per heavy atom. The minimum Gasteiger partial charge on any atom is -0.378 e. The van der Waals surface area contributed by atoms with E-state index in [0.29, 0.717) is 18.5 Å². The van der Waals surface area contributed by atoms with Crippen molar-refractivity contribution in [2.24, 2.45) is 0 Å². The first-order valence-corrected chi connectivity index (χ1v) is 7.89. The molecule has 0 N–H and O–H groups in total. The fourth-order valence-electron chi connectivity index (χ4n) is 2.85. The molecule has 0 spiro atoms. The Kier molecular flexibility index (Phi) is 4.35.